The fourth-order valence-electron chi connectivity index (χ4n) is 2.03. The molecule has 2 atom stereocenters. The van der Waals surface area contributed by atoms with Crippen LogP contribution >= 0.6 is 0 Å². The number of hydrogen-bond donors (Lipinski definition) is 2. The highest BCUT2D eigenvalue weighted by molar-refractivity contribution is 5.78. The van der Waals surface area contributed by atoms with Gasteiger partial charge in [-0.3, -0.25) is 4.79 Å². The van der Waals surface area contributed by atoms with E-state index in [2.05, 4.69) is 24.5 Å². The summed E-state index contributed by atoms with van der Waals surface area (Å²) >= 11 is 0. The normalized spacial score (nSPS) is 22.8. The Bertz CT molecular complexity index is 194. The first-order valence-corrected chi connectivity index (χ1v) is 6.26. The maximum atomic E-state index is 11.0. The lowest BCUT2D eigenvalue weighted by molar-refractivity contribution is -0.119. The zero-order valence-electron chi connectivity index (χ0n) is 10.0. The minimum Gasteiger partial charge on any atom is -0.354 e. The summed E-state index contributed by atoms with van der Waals surface area (Å²) in [6, 6.07) is 0.369. The van der Waals surface area contributed by atoms with E-state index in [9.17, 15) is 4.79 Å². The maximum Gasteiger partial charge on any atom is 0.221 e. The molecule has 2 unspecified atom stereocenters. The smallest absolute Gasteiger partial charge is 0.221 e. The highest BCUT2D eigenvalue weighted by Crippen LogP contribution is 2.12. The number of carbonyl (C=O) groups is 1. The molecule has 1 aliphatic heterocycles. The van der Waals surface area contributed by atoms with E-state index in [0.29, 0.717) is 12.5 Å². The monoisotopic (exact) mass is 212 g/mol. The lowest BCUT2D eigenvalue weighted by atomic mass is 9.99. The summed E-state index contributed by atoms with van der Waals surface area (Å²) in [6.07, 6.45) is 5.81. The Morgan fingerprint density at radius 1 is 1.53 bits per heavy atom. The first-order valence-electron chi connectivity index (χ1n) is 6.26. The van der Waals surface area contributed by atoms with Gasteiger partial charge >= 0.3 is 0 Å². The molecule has 3 heteroatoms. The largest absolute Gasteiger partial charge is 0.354 e. The van der Waals surface area contributed by atoms with Gasteiger partial charge in [0.15, 0.2) is 0 Å². The Labute approximate surface area is 93.0 Å². The van der Waals surface area contributed by atoms with E-state index in [1.54, 1.807) is 0 Å². The van der Waals surface area contributed by atoms with Crippen molar-refractivity contribution >= 4 is 5.91 Å². The summed E-state index contributed by atoms with van der Waals surface area (Å²) < 4.78 is 0. The Morgan fingerprint density at radius 2 is 2.33 bits per heavy atom. The molecule has 0 aromatic carbocycles. The van der Waals surface area contributed by atoms with Gasteiger partial charge in [0.1, 0.15) is 0 Å². The highest BCUT2D eigenvalue weighted by Gasteiger charge is 2.21. The average molecular weight is 212 g/mol. The molecule has 88 valence electrons. The topological polar surface area (TPSA) is 41.1 Å². The summed E-state index contributed by atoms with van der Waals surface area (Å²) in [5.41, 5.74) is 0. The lowest BCUT2D eigenvalue weighted by Crippen LogP contribution is -2.34. The summed E-state index contributed by atoms with van der Waals surface area (Å²) in [6.45, 7) is 6.36. The first kappa shape index (κ1) is 12.5. The second-order valence-corrected chi connectivity index (χ2v) is 4.53. The van der Waals surface area contributed by atoms with Crippen LogP contribution in [0, 0.1) is 5.92 Å². The van der Waals surface area contributed by atoms with Crippen molar-refractivity contribution in [2.24, 2.45) is 5.92 Å². The van der Waals surface area contributed by atoms with Gasteiger partial charge in [0, 0.05) is 19.0 Å². The predicted octanol–water partition coefficient (Wildman–Crippen LogP) is 1.68. The molecular weight excluding hydrogens is 188 g/mol. The van der Waals surface area contributed by atoms with Crippen molar-refractivity contribution < 1.29 is 4.79 Å². The molecule has 0 bridgehead atoms. The summed E-state index contributed by atoms with van der Waals surface area (Å²) in [5.74, 6) is 0.967. The molecule has 1 saturated heterocycles. The van der Waals surface area contributed by atoms with Crippen molar-refractivity contribution in [1.82, 2.24) is 10.6 Å². The zero-order valence-corrected chi connectivity index (χ0v) is 10.0. The molecular formula is C12H24N2O. The number of amides is 1. The molecule has 0 aromatic heterocycles. The molecule has 0 spiro atoms. The third kappa shape index (κ3) is 4.65. The third-order valence-electron chi connectivity index (χ3n) is 3.22. The van der Waals surface area contributed by atoms with Crippen LogP contribution in [0.2, 0.25) is 0 Å². The predicted molar refractivity (Wildman–Crippen MR) is 62.7 cm³/mol. The van der Waals surface area contributed by atoms with Crippen molar-refractivity contribution in [2.45, 2.75) is 52.0 Å². The van der Waals surface area contributed by atoms with Gasteiger partial charge in [-0.15, -0.1) is 0 Å². The van der Waals surface area contributed by atoms with E-state index in [4.69, 9.17) is 0 Å². The van der Waals surface area contributed by atoms with Crippen LogP contribution in [0.1, 0.15) is 46.0 Å². The van der Waals surface area contributed by atoms with E-state index >= 15 is 0 Å². The number of hydrogen-bond acceptors (Lipinski definition) is 2. The van der Waals surface area contributed by atoms with Gasteiger partial charge in [-0.05, 0) is 18.9 Å². The van der Waals surface area contributed by atoms with Crippen molar-refractivity contribution in [1.29, 1.82) is 0 Å². The van der Waals surface area contributed by atoms with E-state index in [-0.39, 0.29) is 5.91 Å². The van der Waals surface area contributed by atoms with Gasteiger partial charge in [0.25, 0.3) is 0 Å². The molecule has 2 N–H and O–H groups in total. The molecule has 0 aromatic rings. The molecule has 1 heterocycles. The van der Waals surface area contributed by atoms with Crippen molar-refractivity contribution in [3.8, 4) is 0 Å². The van der Waals surface area contributed by atoms with Gasteiger partial charge in [-0.25, -0.2) is 0 Å². The van der Waals surface area contributed by atoms with Crippen LogP contribution in [0.4, 0.5) is 0 Å². The van der Waals surface area contributed by atoms with Crippen LogP contribution in [0.5, 0.6) is 0 Å². The number of unbranched alkanes of at least 4 members (excludes halogenated alkanes) is 1. The molecule has 0 saturated carbocycles. The van der Waals surface area contributed by atoms with Crippen LogP contribution in [0.3, 0.4) is 0 Å². The minimum atomic E-state index is 0.189. The quantitative estimate of drug-likeness (QED) is 0.674. The second kappa shape index (κ2) is 6.83. The van der Waals surface area contributed by atoms with Crippen LogP contribution in [0.15, 0.2) is 0 Å². The molecule has 1 aliphatic rings. The van der Waals surface area contributed by atoms with Crippen molar-refractivity contribution in [3.05, 3.63) is 0 Å². The van der Waals surface area contributed by atoms with Gasteiger partial charge in [-0.2, -0.15) is 0 Å². The number of rotatable bonds is 7. The summed E-state index contributed by atoms with van der Waals surface area (Å²) in [4.78, 5) is 11.0. The molecule has 0 radical (unpaired) electrons. The standard InChI is InChI=1S/C12H24N2O/c1-3-5-6-10(4-2)8-13-11-7-12(15)14-9-11/h10-11,13H,3-9H2,1-2H3,(H,14,15). The Kier molecular flexibility index (Phi) is 5.69. The van der Waals surface area contributed by atoms with E-state index in [0.717, 1.165) is 19.0 Å². The highest BCUT2D eigenvalue weighted by atomic mass is 16.1. The molecule has 1 amide bonds. The van der Waals surface area contributed by atoms with E-state index in [1.165, 1.54) is 25.7 Å². The van der Waals surface area contributed by atoms with Crippen molar-refractivity contribution in [2.75, 3.05) is 13.1 Å². The molecule has 1 fully saturated rings. The van der Waals surface area contributed by atoms with Crippen LogP contribution < -0.4 is 10.6 Å². The number of carbonyl (C=O) groups excluding carboxylic acids is 1. The minimum absolute atomic E-state index is 0.189. The van der Waals surface area contributed by atoms with Crippen LogP contribution in [0.25, 0.3) is 0 Å². The van der Waals surface area contributed by atoms with E-state index < -0.39 is 0 Å². The van der Waals surface area contributed by atoms with E-state index in [1.807, 2.05) is 0 Å². The SMILES string of the molecule is CCCCC(CC)CNC1CNC(=O)C1. The zero-order chi connectivity index (χ0) is 11.1. The third-order valence-corrected chi connectivity index (χ3v) is 3.22. The van der Waals surface area contributed by atoms with Crippen LogP contribution in [-0.4, -0.2) is 25.0 Å². The lowest BCUT2D eigenvalue weighted by Gasteiger charge is -2.18. The van der Waals surface area contributed by atoms with Gasteiger partial charge in [-0.1, -0.05) is 33.1 Å². The summed E-state index contributed by atoms with van der Waals surface area (Å²) in [7, 11) is 0. The first-order chi connectivity index (χ1) is 7.26. The maximum absolute atomic E-state index is 11.0. The summed E-state index contributed by atoms with van der Waals surface area (Å²) in [5, 5.41) is 6.34. The molecule has 3 nitrogen and oxygen atoms in total. The van der Waals surface area contributed by atoms with Crippen molar-refractivity contribution in [3.63, 3.8) is 0 Å². The van der Waals surface area contributed by atoms with Gasteiger partial charge < -0.3 is 10.6 Å². The van der Waals surface area contributed by atoms with Gasteiger partial charge in [0.2, 0.25) is 5.91 Å². The fraction of sp³-hybridized carbons (Fsp3) is 0.917. The molecule has 15 heavy (non-hydrogen) atoms. The molecule has 0 aliphatic carbocycles. The second-order valence-electron chi connectivity index (χ2n) is 4.53. The fourth-order valence-corrected chi connectivity index (χ4v) is 2.03. The molecule has 1 rings (SSSR count). The van der Waals surface area contributed by atoms with Crippen LogP contribution in [-0.2, 0) is 4.79 Å². The Morgan fingerprint density at radius 3 is 2.87 bits per heavy atom. The average Bonchev–Trinajstić information content (AvgIpc) is 2.65. The Hall–Kier alpha value is -0.570. The Balaban J connectivity index is 2.13. The number of nitrogens with one attached hydrogen (secondary N) is 2. The van der Waals surface area contributed by atoms with Gasteiger partial charge in [0.05, 0.1) is 0 Å².